The highest BCUT2D eigenvalue weighted by Gasteiger charge is 2.04. The Labute approximate surface area is 155 Å². The minimum absolute atomic E-state index is 0.0468. The molecule has 2 aromatic rings. The summed E-state index contributed by atoms with van der Waals surface area (Å²) in [6.45, 7) is 3.78. The topological polar surface area (TPSA) is 32.3 Å². The smallest absolute Gasteiger partial charge is 0.244 e. The lowest BCUT2D eigenvalue weighted by Gasteiger charge is -2.09. The van der Waals surface area contributed by atoms with E-state index in [0.29, 0.717) is 6.54 Å². The predicted octanol–water partition coefficient (Wildman–Crippen LogP) is 4.23. The zero-order valence-corrected chi connectivity index (χ0v) is 16.0. The number of amides is 1. The fraction of sp³-hybridized carbons (Fsp3) is 0.286. The van der Waals surface area contributed by atoms with E-state index in [2.05, 4.69) is 41.4 Å². The fourth-order valence-electron chi connectivity index (χ4n) is 2.33. The Morgan fingerprint density at radius 2 is 1.76 bits per heavy atom. The molecule has 2 rings (SSSR count). The summed E-state index contributed by atoms with van der Waals surface area (Å²) in [6.07, 6.45) is 4.46. The zero-order valence-electron chi connectivity index (χ0n) is 15.2. The van der Waals surface area contributed by atoms with E-state index in [1.807, 2.05) is 44.4 Å². The van der Waals surface area contributed by atoms with Gasteiger partial charge in [-0.1, -0.05) is 48.2 Å². The van der Waals surface area contributed by atoms with Crippen molar-refractivity contribution < 1.29 is 4.79 Å². The molecule has 0 aliphatic rings. The second-order valence-corrected chi connectivity index (χ2v) is 7.27. The van der Waals surface area contributed by atoms with Crippen LogP contribution in [0.25, 0.3) is 6.08 Å². The van der Waals surface area contributed by atoms with Crippen molar-refractivity contribution in [2.24, 2.45) is 0 Å². The highest BCUT2D eigenvalue weighted by atomic mass is 32.2. The van der Waals surface area contributed by atoms with E-state index in [9.17, 15) is 4.79 Å². The van der Waals surface area contributed by atoms with Crippen molar-refractivity contribution in [1.82, 2.24) is 10.2 Å². The van der Waals surface area contributed by atoms with Crippen molar-refractivity contribution in [1.29, 1.82) is 0 Å². The van der Waals surface area contributed by atoms with Crippen molar-refractivity contribution in [3.63, 3.8) is 0 Å². The van der Waals surface area contributed by atoms with E-state index in [0.717, 1.165) is 23.4 Å². The Bertz CT molecular complexity index is 725. The first-order chi connectivity index (χ1) is 12.1. The van der Waals surface area contributed by atoms with Gasteiger partial charge >= 0.3 is 0 Å². The first-order valence-corrected chi connectivity index (χ1v) is 9.31. The van der Waals surface area contributed by atoms with Crippen LogP contribution in [-0.4, -0.2) is 38.0 Å². The monoisotopic (exact) mass is 354 g/mol. The zero-order chi connectivity index (χ0) is 18.1. The van der Waals surface area contributed by atoms with Gasteiger partial charge < -0.3 is 10.2 Å². The van der Waals surface area contributed by atoms with E-state index < -0.39 is 0 Å². The number of carbonyl (C=O) groups excluding carboxylic acids is 1. The molecule has 0 saturated carbocycles. The number of benzene rings is 2. The number of nitrogens with one attached hydrogen (secondary N) is 1. The molecule has 0 unspecified atom stereocenters. The molecule has 132 valence electrons. The summed E-state index contributed by atoms with van der Waals surface area (Å²) in [5, 5.41) is 2.93. The highest BCUT2D eigenvalue weighted by molar-refractivity contribution is 7.99. The van der Waals surface area contributed by atoms with Crippen LogP contribution in [0.4, 0.5) is 0 Å². The average Bonchev–Trinajstić information content (AvgIpc) is 2.60. The lowest BCUT2D eigenvalue weighted by molar-refractivity contribution is -0.116. The van der Waals surface area contributed by atoms with Crippen LogP contribution >= 0.6 is 11.8 Å². The molecule has 4 heteroatoms. The van der Waals surface area contributed by atoms with Gasteiger partial charge in [0.2, 0.25) is 5.91 Å². The summed E-state index contributed by atoms with van der Waals surface area (Å²) in [4.78, 5) is 16.5. The van der Waals surface area contributed by atoms with E-state index in [1.165, 1.54) is 10.5 Å². The van der Waals surface area contributed by atoms with Gasteiger partial charge in [-0.3, -0.25) is 4.79 Å². The molecule has 0 radical (unpaired) electrons. The van der Waals surface area contributed by atoms with Crippen LogP contribution in [0, 0.1) is 6.92 Å². The summed E-state index contributed by atoms with van der Waals surface area (Å²) in [5.74, 6) is -0.0468. The molecule has 0 bridgehead atoms. The molecule has 0 aromatic heterocycles. The Kier molecular flexibility index (Phi) is 7.76. The SMILES string of the molecule is Cc1ccccc1Sc1ccccc1/C=C/C(=O)NCCCN(C)C. The molecule has 0 saturated heterocycles. The van der Waals surface area contributed by atoms with Crippen molar-refractivity contribution in [2.45, 2.75) is 23.1 Å². The standard InChI is InChI=1S/C21H26N2OS/c1-17-9-4-6-11-19(17)25-20-12-7-5-10-18(20)13-14-21(24)22-15-8-16-23(2)3/h4-7,9-14H,8,15-16H2,1-3H3,(H,22,24)/b14-13+. The van der Waals surface area contributed by atoms with Crippen molar-refractivity contribution in [3.05, 3.63) is 65.7 Å². The highest BCUT2D eigenvalue weighted by Crippen LogP contribution is 2.32. The van der Waals surface area contributed by atoms with Gasteiger partial charge in [-0.2, -0.15) is 0 Å². The maximum atomic E-state index is 12.0. The molecule has 0 heterocycles. The number of hydrogen-bond acceptors (Lipinski definition) is 3. The number of rotatable bonds is 8. The lowest BCUT2D eigenvalue weighted by Crippen LogP contribution is -2.25. The van der Waals surface area contributed by atoms with Crippen molar-refractivity contribution in [2.75, 3.05) is 27.2 Å². The first kappa shape index (κ1) is 19.3. The summed E-state index contributed by atoms with van der Waals surface area (Å²) >= 11 is 1.73. The number of nitrogens with zero attached hydrogens (tertiary/aromatic N) is 1. The Hall–Kier alpha value is -2.04. The first-order valence-electron chi connectivity index (χ1n) is 8.49. The molecular weight excluding hydrogens is 328 g/mol. The van der Waals surface area contributed by atoms with Gasteiger partial charge in [0.15, 0.2) is 0 Å². The summed E-state index contributed by atoms with van der Waals surface area (Å²) < 4.78 is 0. The summed E-state index contributed by atoms with van der Waals surface area (Å²) in [7, 11) is 4.07. The van der Waals surface area contributed by atoms with Crippen LogP contribution in [0.2, 0.25) is 0 Å². The Balaban J connectivity index is 1.98. The van der Waals surface area contributed by atoms with E-state index in [-0.39, 0.29) is 5.91 Å². The molecule has 0 spiro atoms. The molecule has 2 aromatic carbocycles. The fourth-order valence-corrected chi connectivity index (χ4v) is 3.34. The number of carbonyl (C=O) groups is 1. The van der Waals surface area contributed by atoms with E-state index >= 15 is 0 Å². The van der Waals surface area contributed by atoms with Crippen LogP contribution in [0.1, 0.15) is 17.5 Å². The molecule has 0 aliphatic heterocycles. The van der Waals surface area contributed by atoms with Gasteiger partial charge in [-0.25, -0.2) is 0 Å². The third-order valence-corrected chi connectivity index (χ3v) is 5.00. The molecule has 0 fully saturated rings. The van der Waals surface area contributed by atoms with Crippen molar-refractivity contribution >= 4 is 23.7 Å². The molecule has 1 amide bonds. The summed E-state index contributed by atoms with van der Waals surface area (Å²) in [5.41, 5.74) is 2.31. The number of hydrogen-bond donors (Lipinski definition) is 1. The maximum absolute atomic E-state index is 12.0. The van der Waals surface area contributed by atoms with Gasteiger partial charge in [-0.15, -0.1) is 0 Å². The van der Waals surface area contributed by atoms with Crippen LogP contribution < -0.4 is 5.32 Å². The molecule has 25 heavy (non-hydrogen) atoms. The molecule has 3 nitrogen and oxygen atoms in total. The second kappa shape index (κ2) is 10.1. The molecule has 1 N–H and O–H groups in total. The molecule has 0 aliphatic carbocycles. The van der Waals surface area contributed by atoms with E-state index in [1.54, 1.807) is 17.8 Å². The minimum Gasteiger partial charge on any atom is -0.353 e. The number of aryl methyl sites for hydroxylation is 1. The van der Waals surface area contributed by atoms with Gasteiger partial charge in [0, 0.05) is 22.4 Å². The lowest BCUT2D eigenvalue weighted by atomic mass is 10.2. The minimum atomic E-state index is -0.0468. The van der Waals surface area contributed by atoms with Crippen LogP contribution in [0.5, 0.6) is 0 Å². The third kappa shape index (κ3) is 6.77. The van der Waals surface area contributed by atoms with Crippen LogP contribution in [0.3, 0.4) is 0 Å². The van der Waals surface area contributed by atoms with Gasteiger partial charge in [0.05, 0.1) is 0 Å². The maximum Gasteiger partial charge on any atom is 0.244 e. The Morgan fingerprint density at radius 3 is 2.48 bits per heavy atom. The quantitative estimate of drug-likeness (QED) is 0.569. The largest absolute Gasteiger partial charge is 0.353 e. The van der Waals surface area contributed by atoms with Crippen LogP contribution in [-0.2, 0) is 4.79 Å². The predicted molar refractivity (Wildman–Crippen MR) is 107 cm³/mol. The van der Waals surface area contributed by atoms with Gasteiger partial charge in [0.1, 0.15) is 0 Å². The van der Waals surface area contributed by atoms with Crippen molar-refractivity contribution in [3.8, 4) is 0 Å². The Morgan fingerprint density at radius 1 is 1.08 bits per heavy atom. The molecule has 0 atom stereocenters. The van der Waals surface area contributed by atoms with E-state index in [4.69, 9.17) is 0 Å². The molecular formula is C21H26N2OS. The van der Waals surface area contributed by atoms with Crippen LogP contribution in [0.15, 0.2) is 64.4 Å². The average molecular weight is 355 g/mol. The van der Waals surface area contributed by atoms with Gasteiger partial charge in [-0.05, 0) is 63.3 Å². The van der Waals surface area contributed by atoms with Gasteiger partial charge in [0.25, 0.3) is 0 Å². The normalized spacial score (nSPS) is 11.2. The second-order valence-electron chi connectivity index (χ2n) is 6.19. The summed E-state index contributed by atoms with van der Waals surface area (Å²) in [6, 6.07) is 16.5. The third-order valence-electron chi connectivity index (χ3n) is 3.73.